The average molecular weight is 304 g/mol. The molecule has 0 aromatic heterocycles. The van der Waals surface area contributed by atoms with Crippen molar-refractivity contribution in [2.75, 3.05) is 6.61 Å². The van der Waals surface area contributed by atoms with Crippen LogP contribution in [0.4, 0.5) is 5.69 Å². The molecule has 1 aromatic rings. The third kappa shape index (κ3) is 3.95. The van der Waals surface area contributed by atoms with E-state index >= 15 is 0 Å². The standard InChI is InChI=1S/C16H18ClN3O/c1-2-3-8-21-16-10-15(12(18)9-13(16)19)20-14-7-5-4-6-11(14)17/h4-7,9-10,19H,2-3,8,18H2,1H3/b19-13?,20-15-. The van der Waals surface area contributed by atoms with Gasteiger partial charge in [-0.15, -0.1) is 0 Å². The van der Waals surface area contributed by atoms with Crippen molar-refractivity contribution in [3.05, 3.63) is 52.9 Å². The van der Waals surface area contributed by atoms with Gasteiger partial charge in [0.25, 0.3) is 0 Å². The molecule has 0 unspecified atom stereocenters. The molecule has 0 aliphatic heterocycles. The third-order valence-electron chi connectivity index (χ3n) is 2.98. The highest BCUT2D eigenvalue weighted by molar-refractivity contribution is 6.33. The molecule has 0 fully saturated rings. The predicted molar refractivity (Wildman–Crippen MR) is 87.5 cm³/mol. The summed E-state index contributed by atoms with van der Waals surface area (Å²) >= 11 is 6.10. The molecule has 0 bridgehead atoms. The van der Waals surface area contributed by atoms with Crippen molar-refractivity contribution in [3.8, 4) is 0 Å². The number of halogens is 1. The first-order chi connectivity index (χ1) is 10.1. The lowest BCUT2D eigenvalue weighted by Gasteiger charge is -2.15. The van der Waals surface area contributed by atoms with E-state index in [9.17, 15) is 0 Å². The predicted octanol–water partition coefficient (Wildman–Crippen LogP) is 3.99. The molecule has 1 aliphatic rings. The molecule has 0 heterocycles. The second-order valence-electron chi connectivity index (χ2n) is 4.67. The Morgan fingerprint density at radius 2 is 2.05 bits per heavy atom. The van der Waals surface area contributed by atoms with Crippen LogP contribution >= 0.6 is 11.6 Å². The fourth-order valence-electron chi connectivity index (χ4n) is 1.80. The van der Waals surface area contributed by atoms with Crippen LogP contribution in [-0.4, -0.2) is 18.0 Å². The molecule has 21 heavy (non-hydrogen) atoms. The first kappa shape index (κ1) is 15.3. The number of hydrogen-bond donors (Lipinski definition) is 2. The molecule has 1 aromatic carbocycles. The molecule has 0 spiro atoms. The minimum absolute atomic E-state index is 0.265. The van der Waals surface area contributed by atoms with Gasteiger partial charge in [-0.25, -0.2) is 4.99 Å². The summed E-state index contributed by atoms with van der Waals surface area (Å²) in [7, 11) is 0. The number of unbranched alkanes of at least 4 members (excludes halogenated alkanes) is 1. The van der Waals surface area contributed by atoms with Gasteiger partial charge in [-0.2, -0.15) is 0 Å². The maximum Gasteiger partial charge on any atom is 0.146 e. The summed E-state index contributed by atoms with van der Waals surface area (Å²) in [5.74, 6) is 0.489. The van der Waals surface area contributed by atoms with E-state index < -0.39 is 0 Å². The van der Waals surface area contributed by atoms with E-state index in [1.807, 2.05) is 18.2 Å². The van der Waals surface area contributed by atoms with E-state index in [0.717, 1.165) is 12.8 Å². The lowest BCUT2D eigenvalue weighted by molar-refractivity contribution is 0.226. The quantitative estimate of drug-likeness (QED) is 0.637. The number of hydrogen-bond acceptors (Lipinski definition) is 4. The Morgan fingerprint density at radius 3 is 2.76 bits per heavy atom. The van der Waals surface area contributed by atoms with Crippen LogP contribution in [0.1, 0.15) is 19.8 Å². The lowest BCUT2D eigenvalue weighted by Crippen LogP contribution is -2.19. The van der Waals surface area contributed by atoms with Crippen LogP contribution < -0.4 is 5.73 Å². The second-order valence-corrected chi connectivity index (χ2v) is 5.08. The third-order valence-corrected chi connectivity index (χ3v) is 3.30. The van der Waals surface area contributed by atoms with Crippen molar-refractivity contribution < 1.29 is 4.74 Å². The van der Waals surface area contributed by atoms with Crippen molar-refractivity contribution in [2.24, 2.45) is 10.7 Å². The molecular weight excluding hydrogens is 286 g/mol. The van der Waals surface area contributed by atoms with Gasteiger partial charge in [0.2, 0.25) is 0 Å². The van der Waals surface area contributed by atoms with Crippen LogP contribution in [0.3, 0.4) is 0 Å². The van der Waals surface area contributed by atoms with Crippen LogP contribution in [0.2, 0.25) is 5.02 Å². The summed E-state index contributed by atoms with van der Waals surface area (Å²) in [6.07, 6.45) is 5.23. The Hall–Kier alpha value is -2.07. The maximum atomic E-state index is 7.89. The number of nitrogens with one attached hydrogen (secondary N) is 1. The number of ether oxygens (including phenoxy) is 1. The van der Waals surface area contributed by atoms with E-state index in [-0.39, 0.29) is 5.71 Å². The van der Waals surface area contributed by atoms with Crippen LogP contribution in [0.15, 0.2) is 52.9 Å². The first-order valence-corrected chi connectivity index (χ1v) is 7.23. The van der Waals surface area contributed by atoms with Crippen LogP contribution in [0.25, 0.3) is 0 Å². The number of aliphatic imine (C=N–C) groups is 1. The monoisotopic (exact) mass is 303 g/mol. The summed E-state index contributed by atoms with van der Waals surface area (Å²) in [4.78, 5) is 4.45. The van der Waals surface area contributed by atoms with Crippen molar-refractivity contribution in [3.63, 3.8) is 0 Å². The van der Waals surface area contributed by atoms with Gasteiger partial charge in [-0.3, -0.25) is 5.41 Å². The van der Waals surface area contributed by atoms with Gasteiger partial charge < -0.3 is 10.5 Å². The van der Waals surface area contributed by atoms with E-state index in [0.29, 0.717) is 34.5 Å². The van der Waals surface area contributed by atoms with Crippen molar-refractivity contribution in [1.82, 2.24) is 0 Å². The molecule has 4 nitrogen and oxygen atoms in total. The summed E-state index contributed by atoms with van der Waals surface area (Å²) in [6, 6.07) is 7.29. The van der Waals surface area contributed by atoms with E-state index in [2.05, 4.69) is 11.9 Å². The summed E-state index contributed by atoms with van der Waals surface area (Å²) in [5, 5.41) is 8.45. The molecule has 5 heteroatoms. The topological polar surface area (TPSA) is 71.5 Å². The van der Waals surface area contributed by atoms with E-state index in [1.54, 1.807) is 18.2 Å². The fourth-order valence-corrected chi connectivity index (χ4v) is 1.98. The first-order valence-electron chi connectivity index (χ1n) is 6.86. The summed E-state index contributed by atoms with van der Waals surface area (Å²) in [5.41, 5.74) is 7.83. The van der Waals surface area contributed by atoms with Gasteiger partial charge in [0.05, 0.1) is 34.4 Å². The Balaban J connectivity index is 2.27. The molecule has 3 N–H and O–H groups in total. The number of nitrogens with two attached hydrogens (primary N) is 1. The Morgan fingerprint density at radius 1 is 1.29 bits per heavy atom. The van der Waals surface area contributed by atoms with Crippen molar-refractivity contribution in [1.29, 1.82) is 5.41 Å². The van der Waals surface area contributed by atoms with Crippen molar-refractivity contribution >= 4 is 28.7 Å². The highest BCUT2D eigenvalue weighted by Crippen LogP contribution is 2.25. The normalized spacial score (nSPS) is 16.7. The zero-order valence-electron chi connectivity index (χ0n) is 11.9. The van der Waals surface area contributed by atoms with Gasteiger partial charge in [-0.1, -0.05) is 37.1 Å². The summed E-state index contributed by atoms with van der Waals surface area (Å²) < 4.78 is 5.60. The number of allylic oxidation sites excluding steroid dienone is 2. The van der Waals surface area contributed by atoms with Crippen LogP contribution in [0.5, 0.6) is 0 Å². The second kappa shape index (κ2) is 7.09. The van der Waals surface area contributed by atoms with Crippen LogP contribution in [-0.2, 0) is 4.74 Å². The van der Waals surface area contributed by atoms with E-state index in [4.69, 9.17) is 27.5 Å². The van der Waals surface area contributed by atoms with Gasteiger partial charge in [-0.05, 0) is 24.6 Å². The molecule has 0 atom stereocenters. The molecule has 0 saturated carbocycles. The largest absolute Gasteiger partial charge is 0.491 e. The zero-order chi connectivity index (χ0) is 15.2. The number of para-hydroxylation sites is 1. The maximum absolute atomic E-state index is 7.89. The Bertz CT molecular complexity index is 632. The molecule has 2 rings (SSSR count). The highest BCUT2D eigenvalue weighted by Gasteiger charge is 2.15. The van der Waals surface area contributed by atoms with Gasteiger partial charge in [0.15, 0.2) is 0 Å². The molecule has 0 radical (unpaired) electrons. The molecule has 0 saturated heterocycles. The smallest absolute Gasteiger partial charge is 0.146 e. The average Bonchev–Trinajstić information content (AvgIpc) is 2.46. The fraction of sp³-hybridized carbons (Fsp3) is 0.250. The molecular formula is C16H18ClN3O. The molecule has 110 valence electrons. The lowest BCUT2D eigenvalue weighted by atomic mass is 10.1. The minimum atomic E-state index is 0.265. The zero-order valence-corrected chi connectivity index (χ0v) is 12.7. The molecule has 0 amide bonds. The molecule has 1 aliphatic carbocycles. The SMILES string of the molecule is CCCCOC1=C/C(=N/c2ccccc2Cl)C(N)=CC1=N. The van der Waals surface area contributed by atoms with Gasteiger partial charge in [0, 0.05) is 6.08 Å². The Labute approximate surface area is 129 Å². The van der Waals surface area contributed by atoms with Crippen molar-refractivity contribution in [2.45, 2.75) is 19.8 Å². The Kier molecular flexibility index (Phi) is 5.17. The number of nitrogens with zero attached hydrogens (tertiary/aromatic N) is 1. The van der Waals surface area contributed by atoms with E-state index in [1.165, 1.54) is 0 Å². The number of rotatable bonds is 5. The van der Waals surface area contributed by atoms with Crippen LogP contribution in [0, 0.1) is 5.41 Å². The minimum Gasteiger partial charge on any atom is -0.491 e. The van der Waals surface area contributed by atoms with Gasteiger partial charge >= 0.3 is 0 Å². The summed E-state index contributed by atoms with van der Waals surface area (Å²) in [6.45, 7) is 2.67. The van der Waals surface area contributed by atoms with Gasteiger partial charge in [0.1, 0.15) is 5.76 Å². The highest BCUT2D eigenvalue weighted by atomic mass is 35.5. The number of benzene rings is 1.